The third-order valence-electron chi connectivity index (χ3n) is 4.81. The van der Waals surface area contributed by atoms with Gasteiger partial charge in [-0.3, -0.25) is 9.36 Å². The molecule has 2 aromatic heterocycles. The van der Waals surface area contributed by atoms with Crippen LogP contribution in [0.4, 0.5) is 5.69 Å². The van der Waals surface area contributed by atoms with Crippen LogP contribution in [0.1, 0.15) is 16.3 Å². The molecule has 4 aromatic rings. The molecule has 0 bridgehead atoms. The summed E-state index contributed by atoms with van der Waals surface area (Å²) in [6.07, 6.45) is 2.07. The van der Waals surface area contributed by atoms with Crippen LogP contribution >= 0.6 is 34.7 Å². The normalized spacial score (nSPS) is 10.8. The summed E-state index contributed by atoms with van der Waals surface area (Å²) >= 11 is 9.05. The molecule has 0 spiro atoms. The van der Waals surface area contributed by atoms with Crippen molar-refractivity contribution in [3.8, 4) is 11.4 Å². The molecule has 0 aliphatic rings. The molecule has 2 heterocycles. The molecule has 0 saturated heterocycles. The standard InChI is InChI=1S/C24H22ClN5OS2/c1-3-12-30-23(17-8-10-18(25)11-9-17)28-29-24(30)33-15-19-14-32-22(26-19)13-21(31)27-20-7-5-4-6-16(20)2/h3-11,14H,1,12-13,15H2,2H3,(H,27,31). The van der Waals surface area contributed by atoms with Gasteiger partial charge in [0, 0.05) is 34.0 Å². The minimum Gasteiger partial charge on any atom is -0.325 e. The van der Waals surface area contributed by atoms with Gasteiger partial charge in [0.05, 0.1) is 12.1 Å². The zero-order valence-electron chi connectivity index (χ0n) is 18.0. The number of nitrogens with zero attached hydrogens (tertiary/aromatic N) is 4. The number of benzene rings is 2. The fourth-order valence-corrected chi connectivity index (χ4v) is 5.05. The Hall–Kier alpha value is -2.94. The monoisotopic (exact) mass is 495 g/mol. The topological polar surface area (TPSA) is 72.7 Å². The second kappa shape index (κ2) is 10.8. The highest BCUT2D eigenvalue weighted by Gasteiger charge is 2.15. The maximum atomic E-state index is 12.4. The summed E-state index contributed by atoms with van der Waals surface area (Å²) in [6, 6.07) is 15.2. The molecule has 0 radical (unpaired) electrons. The highest BCUT2D eigenvalue weighted by Crippen LogP contribution is 2.28. The molecular weight excluding hydrogens is 474 g/mol. The average Bonchev–Trinajstić information content (AvgIpc) is 3.41. The van der Waals surface area contributed by atoms with Crippen molar-refractivity contribution >= 4 is 46.3 Å². The first-order valence-corrected chi connectivity index (χ1v) is 12.5. The molecule has 4 rings (SSSR count). The van der Waals surface area contributed by atoms with Crippen molar-refractivity contribution in [2.75, 3.05) is 5.32 Å². The van der Waals surface area contributed by atoms with Gasteiger partial charge in [0.25, 0.3) is 0 Å². The molecule has 0 aliphatic carbocycles. The van der Waals surface area contributed by atoms with E-state index in [1.165, 1.54) is 11.3 Å². The Morgan fingerprint density at radius 2 is 2.00 bits per heavy atom. The number of carbonyl (C=O) groups is 1. The van der Waals surface area contributed by atoms with E-state index in [0.29, 0.717) is 17.3 Å². The van der Waals surface area contributed by atoms with Gasteiger partial charge < -0.3 is 5.32 Å². The molecule has 33 heavy (non-hydrogen) atoms. The van der Waals surface area contributed by atoms with Gasteiger partial charge in [0.2, 0.25) is 5.91 Å². The number of hydrogen-bond acceptors (Lipinski definition) is 6. The van der Waals surface area contributed by atoms with Gasteiger partial charge in [0.1, 0.15) is 5.01 Å². The van der Waals surface area contributed by atoms with Crippen LogP contribution in [0.2, 0.25) is 5.02 Å². The zero-order valence-corrected chi connectivity index (χ0v) is 20.4. The van der Waals surface area contributed by atoms with Gasteiger partial charge in [-0.1, -0.05) is 47.6 Å². The van der Waals surface area contributed by atoms with Crippen LogP contribution in [0.3, 0.4) is 0 Å². The smallest absolute Gasteiger partial charge is 0.231 e. The van der Waals surface area contributed by atoms with Gasteiger partial charge in [-0.15, -0.1) is 28.1 Å². The molecule has 1 amide bonds. The predicted molar refractivity (Wildman–Crippen MR) is 136 cm³/mol. The van der Waals surface area contributed by atoms with Crippen molar-refractivity contribution in [3.63, 3.8) is 0 Å². The Balaban J connectivity index is 1.40. The maximum Gasteiger partial charge on any atom is 0.231 e. The average molecular weight is 496 g/mol. The van der Waals surface area contributed by atoms with Crippen molar-refractivity contribution < 1.29 is 4.79 Å². The number of aromatic nitrogens is 4. The Morgan fingerprint density at radius 3 is 2.76 bits per heavy atom. The van der Waals surface area contributed by atoms with E-state index in [9.17, 15) is 4.79 Å². The molecule has 0 fully saturated rings. The maximum absolute atomic E-state index is 12.4. The van der Waals surface area contributed by atoms with Crippen LogP contribution < -0.4 is 5.32 Å². The predicted octanol–water partition coefficient (Wildman–Crippen LogP) is 6.02. The first-order valence-electron chi connectivity index (χ1n) is 10.2. The number of thioether (sulfide) groups is 1. The highest BCUT2D eigenvalue weighted by atomic mass is 35.5. The lowest BCUT2D eigenvalue weighted by Crippen LogP contribution is -2.15. The van der Waals surface area contributed by atoms with Crippen molar-refractivity contribution in [1.82, 2.24) is 19.7 Å². The summed E-state index contributed by atoms with van der Waals surface area (Å²) in [4.78, 5) is 17.0. The summed E-state index contributed by atoms with van der Waals surface area (Å²) in [5, 5.41) is 15.9. The summed E-state index contributed by atoms with van der Waals surface area (Å²) in [5.41, 5.74) is 3.71. The lowest BCUT2D eigenvalue weighted by molar-refractivity contribution is -0.115. The lowest BCUT2D eigenvalue weighted by Gasteiger charge is -2.07. The summed E-state index contributed by atoms with van der Waals surface area (Å²) in [5.74, 6) is 1.32. The number of aryl methyl sites for hydroxylation is 1. The van der Waals surface area contributed by atoms with E-state index in [4.69, 9.17) is 11.6 Å². The number of hydrogen-bond donors (Lipinski definition) is 1. The number of para-hydroxylation sites is 1. The van der Waals surface area contributed by atoms with E-state index < -0.39 is 0 Å². The molecule has 168 valence electrons. The summed E-state index contributed by atoms with van der Waals surface area (Å²) in [7, 11) is 0. The number of halogens is 1. The number of thiazole rings is 1. The van der Waals surface area contributed by atoms with Crippen LogP contribution in [0.25, 0.3) is 11.4 Å². The van der Waals surface area contributed by atoms with Gasteiger partial charge in [-0.2, -0.15) is 0 Å². The highest BCUT2D eigenvalue weighted by molar-refractivity contribution is 7.98. The third kappa shape index (κ3) is 5.90. The number of carbonyl (C=O) groups excluding carboxylic acids is 1. The van der Waals surface area contributed by atoms with Crippen LogP contribution in [0, 0.1) is 6.92 Å². The Morgan fingerprint density at radius 1 is 1.21 bits per heavy atom. The van der Waals surface area contributed by atoms with Crippen molar-refractivity contribution in [1.29, 1.82) is 0 Å². The van der Waals surface area contributed by atoms with Gasteiger partial charge >= 0.3 is 0 Å². The molecule has 0 aliphatic heterocycles. The molecule has 2 aromatic carbocycles. The largest absolute Gasteiger partial charge is 0.325 e. The fourth-order valence-electron chi connectivity index (χ4n) is 3.18. The molecule has 6 nitrogen and oxygen atoms in total. The number of rotatable bonds is 9. The van der Waals surface area contributed by atoms with Crippen molar-refractivity contribution in [2.45, 2.75) is 30.8 Å². The second-order valence-electron chi connectivity index (χ2n) is 7.27. The van der Waals surface area contributed by atoms with Gasteiger partial charge in [-0.25, -0.2) is 4.98 Å². The first kappa shape index (κ1) is 23.2. The van der Waals surface area contributed by atoms with E-state index in [2.05, 4.69) is 27.1 Å². The van der Waals surface area contributed by atoms with E-state index >= 15 is 0 Å². The molecule has 0 unspecified atom stereocenters. The lowest BCUT2D eigenvalue weighted by atomic mass is 10.2. The number of anilines is 1. The quantitative estimate of drug-likeness (QED) is 0.227. The van der Waals surface area contributed by atoms with Crippen LogP contribution in [0.15, 0.2) is 71.7 Å². The summed E-state index contributed by atoms with van der Waals surface area (Å²) in [6.45, 7) is 6.42. The number of nitrogens with one attached hydrogen (secondary N) is 1. The van der Waals surface area contributed by atoms with E-state index in [0.717, 1.165) is 38.5 Å². The van der Waals surface area contributed by atoms with Gasteiger partial charge in [0.15, 0.2) is 11.0 Å². The third-order valence-corrected chi connectivity index (χ3v) is 6.96. The van der Waals surface area contributed by atoms with E-state index in [1.54, 1.807) is 11.8 Å². The molecule has 1 N–H and O–H groups in total. The van der Waals surface area contributed by atoms with Gasteiger partial charge in [-0.05, 0) is 42.8 Å². The van der Waals surface area contributed by atoms with Crippen molar-refractivity contribution in [2.24, 2.45) is 0 Å². The molecule has 9 heteroatoms. The molecule has 0 atom stereocenters. The van der Waals surface area contributed by atoms with Crippen LogP contribution in [-0.4, -0.2) is 25.7 Å². The SMILES string of the molecule is C=CCn1c(SCc2csc(CC(=O)Nc3ccccc3C)n2)nnc1-c1ccc(Cl)cc1. The first-order chi connectivity index (χ1) is 16.0. The van der Waals surface area contributed by atoms with Crippen LogP contribution in [0.5, 0.6) is 0 Å². The molecule has 0 saturated carbocycles. The Bertz CT molecular complexity index is 1270. The second-order valence-corrected chi connectivity index (χ2v) is 9.60. The minimum absolute atomic E-state index is 0.0730. The Kier molecular flexibility index (Phi) is 7.59. The molecular formula is C24H22ClN5OS2. The number of allylic oxidation sites excluding steroid dienone is 1. The van der Waals surface area contributed by atoms with E-state index in [1.807, 2.05) is 71.5 Å². The zero-order chi connectivity index (χ0) is 23.2. The fraction of sp³-hybridized carbons (Fsp3) is 0.167. The summed E-state index contributed by atoms with van der Waals surface area (Å²) < 4.78 is 2.02. The van der Waals surface area contributed by atoms with Crippen molar-refractivity contribution in [3.05, 3.63) is 87.9 Å². The van der Waals surface area contributed by atoms with E-state index in [-0.39, 0.29) is 12.3 Å². The Labute approximate surface area is 205 Å². The van der Waals surface area contributed by atoms with Crippen LogP contribution in [-0.2, 0) is 23.5 Å². The minimum atomic E-state index is -0.0730. The number of amides is 1.